The van der Waals surface area contributed by atoms with Gasteiger partial charge in [-0.05, 0) is 45.7 Å². The van der Waals surface area contributed by atoms with Gasteiger partial charge in [-0.15, -0.1) is 0 Å². The van der Waals surface area contributed by atoms with Crippen molar-refractivity contribution in [2.75, 3.05) is 12.1 Å². The van der Waals surface area contributed by atoms with Gasteiger partial charge < -0.3 is 19.7 Å². The number of nitrogen functional groups attached to an aromatic ring is 1. The number of rotatable bonds is 11. The van der Waals surface area contributed by atoms with Crippen LogP contribution in [0.5, 0.6) is 5.75 Å². The molecule has 4 rings (SSSR count). The van der Waals surface area contributed by atoms with E-state index in [1.165, 1.54) is 10.8 Å². The number of benzene rings is 1. The summed E-state index contributed by atoms with van der Waals surface area (Å²) < 4.78 is 32.5. The molecule has 1 aliphatic carbocycles. The summed E-state index contributed by atoms with van der Waals surface area (Å²) in [6, 6.07) is 7.92. The third-order valence-electron chi connectivity index (χ3n) is 5.36. The highest BCUT2D eigenvalue weighted by Crippen LogP contribution is 2.50. The number of hydrogen-bond acceptors (Lipinski definition) is 9. The third kappa shape index (κ3) is 5.72. The number of hydrogen-bond donors (Lipinski definition) is 2. The van der Waals surface area contributed by atoms with Crippen molar-refractivity contribution in [2.24, 2.45) is 0 Å². The molecule has 11 nitrogen and oxygen atoms in total. The van der Waals surface area contributed by atoms with E-state index in [0.717, 1.165) is 18.4 Å². The number of nitrogens with two attached hydrogens (primary N) is 1. The molecule has 0 bridgehead atoms. The Labute approximate surface area is 197 Å². The van der Waals surface area contributed by atoms with E-state index in [-0.39, 0.29) is 18.4 Å². The van der Waals surface area contributed by atoms with Gasteiger partial charge in [-0.2, -0.15) is 9.61 Å². The highest BCUT2D eigenvalue weighted by molar-refractivity contribution is 7.57. The maximum atomic E-state index is 13.8. The predicted molar refractivity (Wildman–Crippen MR) is 125 cm³/mol. The lowest BCUT2D eigenvalue weighted by atomic mass is 10.1. The average molecular weight is 488 g/mol. The van der Waals surface area contributed by atoms with E-state index in [1.54, 1.807) is 51.2 Å². The summed E-state index contributed by atoms with van der Waals surface area (Å²) in [5.74, 6) is 0.136. The number of fused-ring (bicyclic) bond motifs is 1. The minimum atomic E-state index is -3.64. The fourth-order valence-electron chi connectivity index (χ4n) is 3.51. The molecule has 0 saturated heterocycles. The van der Waals surface area contributed by atoms with Gasteiger partial charge in [0.05, 0.1) is 17.9 Å². The van der Waals surface area contributed by atoms with Crippen LogP contribution in [0.2, 0.25) is 0 Å². The zero-order chi connectivity index (χ0) is 24.3. The first-order chi connectivity index (χ1) is 16.2. The van der Waals surface area contributed by atoms with E-state index in [4.69, 9.17) is 19.7 Å². The van der Waals surface area contributed by atoms with Crippen molar-refractivity contribution in [3.63, 3.8) is 0 Å². The number of ether oxygens (including phenoxy) is 2. The van der Waals surface area contributed by atoms with E-state index >= 15 is 0 Å². The summed E-state index contributed by atoms with van der Waals surface area (Å²) >= 11 is 0. The van der Waals surface area contributed by atoms with Crippen LogP contribution in [-0.2, 0) is 25.3 Å². The number of carbonyl (C=O) groups is 1. The van der Waals surface area contributed by atoms with Crippen LogP contribution in [0.4, 0.5) is 5.95 Å². The van der Waals surface area contributed by atoms with Crippen LogP contribution in [-0.4, -0.2) is 49.6 Å². The first-order valence-corrected chi connectivity index (χ1v) is 12.9. The maximum Gasteiger partial charge on any atom is 0.342 e. The molecule has 1 fully saturated rings. The molecule has 1 aromatic carbocycles. The lowest BCUT2D eigenvalue weighted by Gasteiger charge is -2.26. The zero-order valence-corrected chi connectivity index (χ0v) is 20.3. The monoisotopic (exact) mass is 488 g/mol. The second-order valence-corrected chi connectivity index (χ2v) is 10.7. The standard InChI is InChI=1S/C22H29N6O5P/c1-15(2)32-20(29)16(3)27-34(30,33-18-7-5-4-6-8-18)14-31-22(9-10-22)11-17-12-26-28-19(17)24-13-25-21(28)23/h4-8,12-13,15-16H,9-11,14H2,1-3H3,(H,27,30)(H2,23,24,25)/t16-,34+/m0/s1. The number of anilines is 1. The van der Waals surface area contributed by atoms with Gasteiger partial charge in [-0.25, -0.2) is 15.1 Å². The summed E-state index contributed by atoms with van der Waals surface area (Å²) in [5.41, 5.74) is 6.79. The van der Waals surface area contributed by atoms with Crippen LogP contribution in [0, 0.1) is 0 Å². The Hall–Kier alpha value is -3.01. The molecule has 1 aliphatic rings. The van der Waals surface area contributed by atoms with Gasteiger partial charge in [0.15, 0.2) is 5.65 Å². The number of nitrogens with zero attached hydrogens (tertiary/aromatic N) is 4. The van der Waals surface area contributed by atoms with E-state index in [2.05, 4.69) is 20.2 Å². The lowest BCUT2D eigenvalue weighted by Crippen LogP contribution is -2.37. The van der Waals surface area contributed by atoms with Crippen LogP contribution in [0.15, 0.2) is 42.9 Å². The summed E-state index contributed by atoms with van der Waals surface area (Å²) in [6.07, 6.45) is 4.63. The van der Waals surface area contributed by atoms with Gasteiger partial charge >= 0.3 is 13.5 Å². The Bertz CT molecular complexity index is 1200. The molecule has 2 aromatic heterocycles. The molecule has 0 unspecified atom stereocenters. The first-order valence-electron chi connectivity index (χ1n) is 11.1. The fraction of sp³-hybridized carbons (Fsp3) is 0.455. The molecule has 34 heavy (non-hydrogen) atoms. The van der Waals surface area contributed by atoms with Crippen molar-refractivity contribution in [2.45, 2.75) is 57.8 Å². The quantitative estimate of drug-likeness (QED) is 0.305. The Morgan fingerprint density at radius 2 is 1.97 bits per heavy atom. The van der Waals surface area contributed by atoms with Crippen LogP contribution < -0.4 is 15.3 Å². The second kappa shape index (κ2) is 9.69. The molecule has 182 valence electrons. The molecule has 1 saturated carbocycles. The molecule has 0 radical (unpaired) electrons. The first kappa shape index (κ1) is 24.1. The largest absolute Gasteiger partial charge is 0.462 e. The van der Waals surface area contributed by atoms with Gasteiger partial charge in [0.2, 0.25) is 5.95 Å². The minimum Gasteiger partial charge on any atom is -0.462 e. The average Bonchev–Trinajstić information content (AvgIpc) is 3.44. The second-order valence-electron chi connectivity index (χ2n) is 8.68. The molecule has 0 aliphatic heterocycles. The Morgan fingerprint density at radius 3 is 2.65 bits per heavy atom. The Kier molecular flexibility index (Phi) is 6.88. The van der Waals surface area contributed by atoms with Crippen molar-refractivity contribution >= 4 is 25.1 Å². The van der Waals surface area contributed by atoms with E-state index in [1.807, 2.05) is 6.07 Å². The topological polar surface area (TPSA) is 143 Å². The smallest absolute Gasteiger partial charge is 0.342 e. The highest BCUT2D eigenvalue weighted by Gasteiger charge is 2.47. The van der Waals surface area contributed by atoms with Gasteiger partial charge in [0.1, 0.15) is 24.5 Å². The molecular formula is C22H29N6O5P. The molecule has 0 amide bonds. The van der Waals surface area contributed by atoms with Gasteiger partial charge in [-0.1, -0.05) is 18.2 Å². The van der Waals surface area contributed by atoms with Gasteiger partial charge in [0, 0.05) is 12.0 Å². The fourth-order valence-corrected chi connectivity index (χ4v) is 5.29. The molecule has 3 aromatic rings. The SMILES string of the molecule is CC(C)OC(=O)[C@H](C)N[P@@](=O)(COC1(Cc2cnn3c(N)ncnc23)CC1)Oc1ccccc1. The van der Waals surface area contributed by atoms with Crippen molar-refractivity contribution in [1.82, 2.24) is 24.7 Å². The lowest BCUT2D eigenvalue weighted by molar-refractivity contribution is -0.149. The zero-order valence-electron chi connectivity index (χ0n) is 19.4. The Morgan fingerprint density at radius 1 is 1.24 bits per heavy atom. The number of esters is 1. The summed E-state index contributed by atoms with van der Waals surface area (Å²) in [7, 11) is -3.64. The molecular weight excluding hydrogens is 459 g/mol. The number of para-hydroxylation sites is 1. The molecule has 2 atom stereocenters. The maximum absolute atomic E-state index is 13.8. The molecule has 2 heterocycles. The van der Waals surface area contributed by atoms with E-state index in [0.29, 0.717) is 17.8 Å². The normalized spacial score (nSPS) is 17.3. The van der Waals surface area contributed by atoms with Crippen molar-refractivity contribution in [1.29, 1.82) is 0 Å². The van der Waals surface area contributed by atoms with Crippen LogP contribution in [0.25, 0.3) is 5.65 Å². The third-order valence-corrected chi connectivity index (χ3v) is 7.11. The van der Waals surface area contributed by atoms with E-state index < -0.39 is 25.1 Å². The van der Waals surface area contributed by atoms with Crippen molar-refractivity contribution in [3.05, 3.63) is 48.4 Å². The number of aromatic nitrogens is 4. The van der Waals surface area contributed by atoms with Crippen LogP contribution >= 0.6 is 7.52 Å². The highest BCUT2D eigenvalue weighted by atomic mass is 31.2. The van der Waals surface area contributed by atoms with Crippen LogP contribution in [0.3, 0.4) is 0 Å². The molecule has 12 heteroatoms. The predicted octanol–water partition coefficient (Wildman–Crippen LogP) is 2.96. The summed E-state index contributed by atoms with van der Waals surface area (Å²) in [6.45, 7) is 5.09. The van der Waals surface area contributed by atoms with Crippen LogP contribution in [0.1, 0.15) is 39.2 Å². The molecule has 0 spiro atoms. The Balaban J connectivity index is 1.48. The number of nitrogens with one attached hydrogen (secondary N) is 1. The summed E-state index contributed by atoms with van der Waals surface area (Å²) in [5, 5.41) is 7.07. The molecule has 3 N–H and O–H groups in total. The minimum absolute atomic E-state index is 0.225. The summed E-state index contributed by atoms with van der Waals surface area (Å²) in [4.78, 5) is 20.5. The van der Waals surface area contributed by atoms with E-state index in [9.17, 15) is 9.36 Å². The van der Waals surface area contributed by atoms with Crippen molar-refractivity contribution < 1.29 is 23.4 Å². The number of carbonyl (C=O) groups excluding carboxylic acids is 1. The van der Waals surface area contributed by atoms with Gasteiger partial charge in [0.25, 0.3) is 0 Å². The van der Waals surface area contributed by atoms with Crippen molar-refractivity contribution in [3.8, 4) is 5.75 Å². The van der Waals surface area contributed by atoms with Gasteiger partial charge in [-0.3, -0.25) is 9.36 Å².